The summed E-state index contributed by atoms with van der Waals surface area (Å²) in [5.41, 5.74) is 0.903. The van der Waals surface area contributed by atoms with Crippen molar-refractivity contribution in [2.45, 2.75) is 4.90 Å². The smallest absolute Gasteiger partial charge is 0.243 e. The molecule has 4 N–H and O–H groups in total. The highest BCUT2D eigenvalue weighted by molar-refractivity contribution is 7.89. The summed E-state index contributed by atoms with van der Waals surface area (Å²) < 4.78 is 22.8. The molecule has 19 heavy (non-hydrogen) atoms. The van der Waals surface area contributed by atoms with Crippen molar-refractivity contribution >= 4 is 33.0 Å². The number of rotatable bonds is 3. The summed E-state index contributed by atoms with van der Waals surface area (Å²) in [5, 5.41) is 17.7. The highest BCUT2D eigenvalue weighted by Gasteiger charge is 2.21. The number of phenols is 1. The van der Waals surface area contributed by atoms with Crippen molar-refractivity contribution in [3.63, 3.8) is 0 Å². The molecule has 0 aliphatic rings. The minimum Gasteiger partial charge on any atom is -0.504 e. The van der Waals surface area contributed by atoms with Crippen LogP contribution in [0.5, 0.6) is 5.75 Å². The molecule has 0 radical (unpaired) electrons. The zero-order valence-corrected chi connectivity index (χ0v) is 11.2. The van der Waals surface area contributed by atoms with Crippen LogP contribution in [0.3, 0.4) is 0 Å². The lowest BCUT2D eigenvalue weighted by Crippen LogP contribution is -2.13. The highest BCUT2D eigenvalue weighted by atomic mass is 35.5. The van der Waals surface area contributed by atoms with Gasteiger partial charge in [-0.15, -0.1) is 0 Å². The van der Waals surface area contributed by atoms with Crippen LogP contribution in [-0.2, 0) is 10.0 Å². The van der Waals surface area contributed by atoms with Gasteiger partial charge in [0.25, 0.3) is 0 Å². The molecule has 0 atom stereocenters. The maximum absolute atomic E-state index is 11.4. The van der Waals surface area contributed by atoms with Crippen molar-refractivity contribution in [3.8, 4) is 5.75 Å². The Kier molecular flexibility index (Phi) is 3.66. The maximum atomic E-state index is 11.4. The van der Waals surface area contributed by atoms with Gasteiger partial charge in [-0.25, -0.2) is 13.6 Å². The number of hydrogen-bond acceptors (Lipinski definition) is 4. The van der Waals surface area contributed by atoms with Crippen LogP contribution >= 0.6 is 11.6 Å². The second kappa shape index (κ2) is 5.08. The van der Waals surface area contributed by atoms with Crippen LogP contribution in [0, 0.1) is 0 Å². The molecule has 0 unspecified atom stereocenters. The second-order valence-electron chi connectivity index (χ2n) is 3.81. The molecular weight excluding hydrogens is 288 g/mol. The molecule has 5 nitrogen and oxygen atoms in total. The van der Waals surface area contributed by atoms with E-state index < -0.39 is 20.7 Å². The van der Waals surface area contributed by atoms with Gasteiger partial charge in [0.2, 0.25) is 10.0 Å². The Morgan fingerprint density at radius 3 is 2.32 bits per heavy atom. The first-order valence-electron chi connectivity index (χ1n) is 5.26. The van der Waals surface area contributed by atoms with Gasteiger partial charge >= 0.3 is 0 Å². The van der Waals surface area contributed by atoms with Crippen LogP contribution in [0.4, 0.5) is 11.4 Å². The van der Waals surface area contributed by atoms with Crippen LogP contribution in [0.1, 0.15) is 0 Å². The molecule has 0 bridgehead atoms. The van der Waals surface area contributed by atoms with Crippen molar-refractivity contribution in [3.05, 3.63) is 47.5 Å². The van der Waals surface area contributed by atoms with E-state index in [9.17, 15) is 13.5 Å². The summed E-state index contributed by atoms with van der Waals surface area (Å²) in [6.07, 6.45) is 0. The van der Waals surface area contributed by atoms with Gasteiger partial charge in [-0.1, -0.05) is 29.8 Å². The number of para-hydroxylation sites is 1. The number of anilines is 2. The van der Waals surface area contributed by atoms with E-state index in [1.54, 1.807) is 24.3 Å². The standard InChI is InChI=1S/C12H11ClN2O3S/c13-9-6-7-10(11(16)12(9)19(14,17)18)15-8-4-2-1-3-5-8/h1-7,15-16H,(H2,14,17,18). The van der Waals surface area contributed by atoms with Crippen LogP contribution in [0.2, 0.25) is 5.02 Å². The summed E-state index contributed by atoms with van der Waals surface area (Å²) >= 11 is 5.74. The Morgan fingerprint density at radius 2 is 1.74 bits per heavy atom. The van der Waals surface area contributed by atoms with E-state index >= 15 is 0 Å². The Balaban J connectivity index is 2.50. The quantitative estimate of drug-likeness (QED) is 0.759. The fourth-order valence-corrected chi connectivity index (χ4v) is 2.79. The molecule has 2 aromatic carbocycles. The lowest BCUT2D eigenvalue weighted by Gasteiger charge is -2.12. The van der Waals surface area contributed by atoms with Crippen molar-refractivity contribution in [2.24, 2.45) is 5.14 Å². The van der Waals surface area contributed by atoms with Gasteiger partial charge in [-0.3, -0.25) is 0 Å². The first-order chi connectivity index (χ1) is 8.89. The fraction of sp³-hybridized carbons (Fsp3) is 0. The van der Waals surface area contributed by atoms with Gasteiger partial charge in [-0.05, 0) is 24.3 Å². The van der Waals surface area contributed by atoms with Crippen molar-refractivity contribution < 1.29 is 13.5 Å². The third-order valence-electron chi connectivity index (χ3n) is 2.42. The van der Waals surface area contributed by atoms with Crippen LogP contribution < -0.4 is 10.5 Å². The normalized spacial score (nSPS) is 11.3. The van der Waals surface area contributed by atoms with Gasteiger partial charge in [0.05, 0.1) is 10.7 Å². The molecule has 0 spiro atoms. The minimum atomic E-state index is -4.10. The average Bonchev–Trinajstić information content (AvgIpc) is 2.32. The topological polar surface area (TPSA) is 92.4 Å². The summed E-state index contributed by atoms with van der Waals surface area (Å²) in [6, 6.07) is 11.8. The van der Waals surface area contributed by atoms with Gasteiger partial charge in [0.15, 0.2) is 5.75 Å². The first-order valence-corrected chi connectivity index (χ1v) is 7.18. The number of benzene rings is 2. The summed E-state index contributed by atoms with van der Waals surface area (Å²) in [4.78, 5) is -0.491. The van der Waals surface area contributed by atoms with E-state index in [1.165, 1.54) is 12.1 Å². The number of hydrogen-bond donors (Lipinski definition) is 3. The maximum Gasteiger partial charge on any atom is 0.243 e. The Bertz CT molecular complexity index is 702. The molecule has 100 valence electrons. The Labute approximate surface area is 115 Å². The van der Waals surface area contributed by atoms with E-state index in [1.807, 2.05) is 6.07 Å². The first kappa shape index (κ1) is 13.7. The Morgan fingerprint density at radius 1 is 1.11 bits per heavy atom. The third-order valence-corrected chi connectivity index (χ3v) is 3.83. The number of phenolic OH excluding ortho intramolecular Hbond substituents is 1. The summed E-state index contributed by atoms with van der Waals surface area (Å²) in [5.74, 6) is -0.501. The highest BCUT2D eigenvalue weighted by Crippen LogP contribution is 2.37. The number of nitrogens with one attached hydrogen (secondary N) is 1. The zero-order valence-electron chi connectivity index (χ0n) is 9.67. The number of halogens is 1. The van der Waals surface area contributed by atoms with Crippen LogP contribution in [0.15, 0.2) is 47.4 Å². The average molecular weight is 299 g/mol. The summed E-state index contributed by atoms with van der Waals surface area (Å²) in [6.45, 7) is 0. The van der Waals surface area contributed by atoms with E-state index in [2.05, 4.69) is 5.32 Å². The molecule has 0 aromatic heterocycles. The Hall–Kier alpha value is -1.76. The van der Waals surface area contributed by atoms with E-state index in [0.29, 0.717) is 5.69 Å². The number of primary sulfonamides is 1. The molecule has 2 rings (SSSR count). The second-order valence-corrected chi connectivity index (χ2v) is 5.71. The number of nitrogens with two attached hydrogens (primary N) is 1. The fourth-order valence-electron chi connectivity index (χ4n) is 1.60. The monoisotopic (exact) mass is 298 g/mol. The predicted molar refractivity (Wildman–Crippen MR) is 74.2 cm³/mol. The molecule has 7 heteroatoms. The lowest BCUT2D eigenvalue weighted by molar-refractivity contribution is 0.461. The molecule has 0 saturated heterocycles. The number of sulfonamides is 1. The van der Waals surface area contributed by atoms with Crippen molar-refractivity contribution in [1.82, 2.24) is 0 Å². The van der Waals surface area contributed by atoms with Gasteiger partial charge in [0.1, 0.15) is 4.90 Å². The molecule has 0 aliphatic carbocycles. The molecular formula is C12H11ClN2O3S. The summed E-state index contributed by atoms with van der Waals surface area (Å²) in [7, 11) is -4.10. The third kappa shape index (κ3) is 2.98. The molecule has 0 fully saturated rings. The van der Waals surface area contributed by atoms with E-state index in [4.69, 9.17) is 16.7 Å². The van der Waals surface area contributed by atoms with Crippen molar-refractivity contribution in [2.75, 3.05) is 5.32 Å². The molecule has 0 heterocycles. The van der Waals surface area contributed by atoms with Crippen molar-refractivity contribution in [1.29, 1.82) is 0 Å². The molecule has 0 amide bonds. The van der Waals surface area contributed by atoms with E-state index in [0.717, 1.165) is 0 Å². The van der Waals surface area contributed by atoms with Crippen LogP contribution in [-0.4, -0.2) is 13.5 Å². The predicted octanol–water partition coefficient (Wildman–Crippen LogP) is 2.44. The SMILES string of the molecule is NS(=O)(=O)c1c(Cl)ccc(Nc2ccccc2)c1O. The van der Waals surface area contributed by atoms with Gasteiger partial charge in [0, 0.05) is 5.69 Å². The lowest BCUT2D eigenvalue weighted by atomic mass is 10.2. The zero-order chi connectivity index (χ0) is 14.0. The van der Waals surface area contributed by atoms with E-state index in [-0.39, 0.29) is 10.7 Å². The van der Waals surface area contributed by atoms with Crippen LogP contribution in [0.25, 0.3) is 0 Å². The molecule has 0 aliphatic heterocycles. The number of aromatic hydroxyl groups is 1. The van der Waals surface area contributed by atoms with Gasteiger partial charge < -0.3 is 10.4 Å². The largest absolute Gasteiger partial charge is 0.504 e. The molecule has 2 aromatic rings. The molecule has 0 saturated carbocycles. The van der Waals surface area contributed by atoms with Gasteiger partial charge in [-0.2, -0.15) is 0 Å². The minimum absolute atomic E-state index is 0.126.